The van der Waals surface area contributed by atoms with E-state index in [1.165, 1.54) is 6.33 Å². The molecule has 190 valence electrons. The average Bonchev–Trinajstić information content (AvgIpc) is 3.35. The topological polar surface area (TPSA) is 205 Å². The molecule has 0 spiro atoms. The molecule has 0 bridgehead atoms. The third-order valence-corrected chi connectivity index (χ3v) is 5.25. The van der Waals surface area contributed by atoms with Crippen LogP contribution >= 0.6 is 0 Å². The molecule has 2 aromatic rings. The Morgan fingerprint density at radius 2 is 1.74 bits per heavy atom. The lowest BCUT2D eigenvalue weighted by Gasteiger charge is -2.22. The van der Waals surface area contributed by atoms with Gasteiger partial charge in [0.2, 0.25) is 17.7 Å². The quantitative estimate of drug-likeness (QED) is 0.152. The van der Waals surface area contributed by atoms with E-state index in [0.29, 0.717) is 25.1 Å². The zero-order valence-electron chi connectivity index (χ0n) is 19.4. The van der Waals surface area contributed by atoms with Gasteiger partial charge >= 0.3 is 5.97 Å². The Hall–Kier alpha value is -3.77. The van der Waals surface area contributed by atoms with Gasteiger partial charge in [-0.25, -0.2) is 9.78 Å². The summed E-state index contributed by atoms with van der Waals surface area (Å²) in [6, 6.07) is 5.94. The first-order chi connectivity index (χ1) is 16.8. The molecule has 12 nitrogen and oxygen atoms in total. The molecule has 0 aliphatic heterocycles. The number of rotatable bonds is 15. The van der Waals surface area contributed by atoms with Crippen molar-refractivity contribution in [2.24, 2.45) is 11.5 Å². The summed E-state index contributed by atoms with van der Waals surface area (Å²) in [4.78, 5) is 56.0. The number of H-pyrrole nitrogens is 1. The van der Waals surface area contributed by atoms with Gasteiger partial charge in [0.1, 0.15) is 12.1 Å². The Labute approximate surface area is 203 Å². The van der Waals surface area contributed by atoms with Crippen molar-refractivity contribution in [2.75, 3.05) is 13.1 Å². The van der Waals surface area contributed by atoms with Crippen molar-refractivity contribution in [1.29, 1.82) is 0 Å². The lowest BCUT2D eigenvalue weighted by molar-refractivity contribution is -0.142. The second kappa shape index (κ2) is 14.5. The van der Waals surface area contributed by atoms with Crippen LogP contribution in [0.4, 0.5) is 0 Å². The Kier molecular flexibility index (Phi) is 11.4. The van der Waals surface area contributed by atoms with Crippen molar-refractivity contribution < 1.29 is 24.3 Å². The number of carbonyl (C=O) groups is 4. The second-order valence-electron chi connectivity index (χ2n) is 8.10. The molecule has 1 heterocycles. The smallest absolute Gasteiger partial charge is 0.326 e. The van der Waals surface area contributed by atoms with E-state index in [4.69, 9.17) is 11.5 Å². The van der Waals surface area contributed by atoms with Gasteiger partial charge in [0.05, 0.1) is 18.9 Å². The van der Waals surface area contributed by atoms with Gasteiger partial charge < -0.3 is 37.5 Å². The second-order valence-corrected chi connectivity index (χ2v) is 8.10. The van der Waals surface area contributed by atoms with Crippen LogP contribution in [0.1, 0.15) is 30.5 Å². The van der Waals surface area contributed by atoms with Gasteiger partial charge in [-0.3, -0.25) is 14.4 Å². The van der Waals surface area contributed by atoms with Crippen LogP contribution in [0, 0.1) is 0 Å². The van der Waals surface area contributed by atoms with Crippen molar-refractivity contribution in [3.63, 3.8) is 0 Å². The normalized spacial score (nSPS) is 13.3. The Morgan fingerprint density at radius 3 is 2.37 bits per heavy atom. The van der Waals surface area contributed by atoms with Crippen LogP contribution in [0.15, 0.2) is 42.9 Å². The number of aromatic nitrogens is 2. The molecule has 0 radical (unpaired) electrons. The van der Waals surface area contributed by atoms with Gasteiger partial charge in [0.15, 0.2) is 0 Å². The Bertz CT molecular complexity index is 952. The number of amides is 3. The highest BCUT2D eigenvalue weighted by Crippen LogP contribution is 2.06. The number of carboxylic acid groups (broad SMARTS) is 1. The molecule has 35 heavy (non-hydrogen) atoms. The molecule has 12 heteroatoms. The first-order valence-corrected chi connectivity index (χ1v) is 11.4. The maximum Gasteiger partial charge on any atom is 0.326 e. The van der Waals surface area contributed by atoms with E-state index in [1.54, 1.807) is 30.5 Å². The van der Waals surface area contributed by atoms with Crippen molar-refractivity contribution in [3.8, 4) is 0 Å². The Morgan fingerprint density at radius 1 is 1.00 bits per heavy atom. The van der Waals surface area contributed by atoms with E-state index in [0.717, 1.165) is 5.56 Å². The van der Waals surface area contributed by atoms with Crippen LogP contribution in [0.5, 0.6) is 0 Å². The van der Waals surface area contributed by atoms with Crippen LogP contribution in [0.2, 0.25) is 0 Å². The minimum atomic E-state index is -1.17. The predicted octanol–water partition coefficient (Wildman–Crippen LogP) is -1.18. The van der Waals surface area contributed by atoms with Crippen molar-refractivity contribution in [1.82, 2.24) is 25.9 Å². The molecular formula is C23H33N7O5. The maximum atomic E-state index is 12.9. The summed E-state index contributed by atoms with van der Waals surface area (Å²) in [5.74, 6) is -2.95. The zero-order valence-corrected chi connectivity index (χ0v) is 19.4. The third kappa shape index (κ3) is 9.94. The molecule has 3 unspecified atom stereocenters. The number of nitrogens with two attached hydrogens (primary N) is 2. The highest BCUT2D eigenvalue weighted by Gasteiger charge is 2.27. The van der Waals surface area contributed by atoms with Crippen LogP contribution in [-0.2, 0) is 32.0 Å². The number of nitrogens with one attached hydrogen (secondary N) is 4. The number of unbranched alkanes of at least 4 members (excludes halogenated alkanes) is 1. The predicted molar refractivity (Wildman–Crippen MR) is 128 cm³/mol. The highest BCUT2D eigenvalue weighted by atomic mass is 16.4. The maximum absolute atomic E-state index is 12.9. The number of hydrogen-bond acceptors (Lipinski definition) is 7. The molecule has 0 saturated carbocycles. The lowest BCUT2D eigenvalue weighted by Crippen LogP contribution is -2.54. The third-order valence-electron chi connectivity index (χ3n) is 5.25. The SMILES string of the molecule is NCCCCC(NC(=O)C(Cc1ccccc1)NC(=O)CNC(=O)C(N)Cc1cnc[nH]1)C(=O)O. The number of nitrogens with zero attached hydrogens (tertiary/aromatic N) is 1. The van der Waals surface area contributed by atoms with Gasteiger partial charge in [-0.1, -0.05) is 30.3 Å². The van der Waals surface area contributed by atoms with Crippen LogP contribution in [-0.4, -0.2) is 70.0 Å². The van der Waals surface area contributed by atoms with E-state index in [1.807, 2.05) is 6.07 Å². The molecule has 1 aromatic carbocycles. The number of aromatic amines is 1. The lowest BCUT2D eigenvalue weighted by atomic mass is 10.0. The molecular weight excluding hydrogens is 454 g/mol. The van der Waals surface area contributed by atoms with E-state index in [-0.39, 0.29) is 19.3 Å². The molecule has 2 rings (SSSR count). The molecule has 3 amide bonds. The largest absolute Gasteiger partial charge is 0.480 e. The number of imidazole rings is 1. The molecule has 0 fully saturated rings. The van der Waals surface area contributed by atoms with Crippen molar-refractivity contribution in [2.45, 2.75) is 50.2 Å². The standard InChI is InChI=1S/C23H33N7O5/c24-9-5-4-8-18(23(34)35)30-22(33)19(10-15-6-2-1-3-7-15)29-20(31)13-27-21(32)17(25)11-16-12-26-14-28-16/h1-3,6-7,12,14,17-19H,4-5,8-11,13,24-25H2,(H,26,28)(H,27,32)(H,29,31)(H,30,33)(H,34,35). The first kappa shape index (κ1) is 27.5. The summed E-state index contributed by atoms with van der Waals surface area (Å²) < 4.78 is 0. The molecule has 9 N–H and O–H groups in total. The summed E-state index contributed by atoms with van der Waals surface area (Å²) in [5.41, 5.74) is 12.8. The van der Waals surface area contributed by atoms with Crippen LogP contribution in [0.3, 0.4) is 0 Å². The fourth-order valence-corrected chi connectivity index (χ4v) is 3.35. The molecule has 0 aliphatic carbocycles. The minimum Gasteiger partial charge on any atom is -0.480 e. The number of aliphatic carboxylic acids is 1. The molecule has 3 atom stereocenters. The van der Waals surface area contributed by atoms with Gasteiger partial charge in [0.25, 0.3) is 0 Å². The summed E-state index contributed by atoms with van der Waals surface area (Å²) in [5, 5.41) is 17.0. The van der Waals surface area contributed by atoms with Crippen molar-refractivity contribution >= 4 is 23.7 Å². The van der Waals surface area contributed by atoms with Crippen LogP contribution < -0.4 is 27.4 Å². The average molecular weight is 488 g/mol. The summed E-state index contributed by atoms with van der Waals surface area (Å²) in [7, 11) is 0. The number of benzene rings is 1. The van der Waals surface area contributed by atoms with Gasteiger partial charge in [-0.2, -0.15) is 0 Å². The summed E-state index contributed by atoms with van der Waals surface area (Å²) >= 11 is 0. The first-order valence-electron chi connectivity index (χ1n) is 11.4. The van der Waals surface area contributed by atoms with Crippen LogP contribution in [0.25, 0.3) is 0 Å². The summed E-state index contributed by atoms with van der Waals surface area (Å²) in [6.45, 7) is 0.0250. The monoisotopic (exact) mass is 487 g/mol. The molecule has 0 aliphatic rings. The van der Waals surface area contributed by atoms with E-state index in [2.05, 4.69) is 25.9 Å². The fourth-order valence-electron chi connectivity index (χ4n) is 3.35. The van der Waals surface area contributed by atoms with Crippen molar-refractivity contribution in [3.05, 3.63) is 54.1 Å². The minimum absolute atomic E-state index is 0.140. The zero-order chi connectivity index (χ0) is 25.6. The van der Waals surface area contributed by atoms with Gasteiger partial charge in [0, 0.05) is 24.7 Å². The fraction of sp³-hybridized carbons (Fsp3) is 0.435. The number of carboxylic acids is 1. The highest BCUT2D eigenvalue weighted by molar-refractivity contribution is 5.92. The van der Waals surface area contributed by atoms with Gasteiger partial charge in [-0.05, 0) is 31.4 Å². The Balaban J connectivity index is 1.97. The summed E-state index contributed by atoms with van der Waals surface area (Å²) in [6.07, 6.45) is 4.76. The molecule has 1 aromatic heterocycles. The van der Waals surface area contributed by atoms with E-state index in [9.17, 15) is 24.3 Å². The van der Waals surface area contributed by atoms with E-state index < -0.39 is 48.4 Å². The number of carbonyl (C=O) groups excluding carboxylic acids is 3. The molecule has 0 saturated heterocycles. The number of hydrogen-bond donors (Lipinski definition) is 7. The van der Waals surface area contributed by atoms with E-state index >= 15 is 0 Å². The van der Waals surface area contributed by atoms with Gasteiger partial charge in [-0.15, -0.1) is 0 Å².